The molecule has 2 aromatic rings. The Morgan fingerprint density at radius 3 is 2.71 bits per heavy atom. The monoisotopic (exact) mass is 404 g/mol. The van der Waals surface area contributed by atoms with Gasteiger partial charge >= 0.3 is 0 Å². The molecule has 0 radical (unpaired) electrons. The second-order valence-electron chi connectivity index (χ2n) is 7.03. The fourth-order valence-electron chi connectivity index (χ4n) is 3.80. The van der Waals surface area contributed by atoms with Crippen LogP contribution >= 0.6 is 11.6 Å². The van der Waals surface area contributed by atoms with Gasteiger partial charge in [-0.1, -0.05) is 30.2 Å². The zero-order chi connectivity index (χ0) is 19.5. The summed E-state index contributed by atoms with van der Waals surface area (Å²) >= 11 is 6.03. The van der Waals surface area contributed by atoms with Crippen LogP contribution in [0.1, 0.15) is 41.2 Å². The van der Waals surface area contributed by atoms with Crippen LogP contribution in [0.5, 0.6) is 11.5 Å². The van der Waals surface area contributed by atoms with E-state index >= 15 is 0 Å². The Kier molecular flexibility index (Phi) is 5.69. The molecule has 148 valence electrons. The summed E-state index contributed by atoms with van der Waals surface area (Å²) in [5.41, 5.74) is 0.915. The molecule has 0 aromatic heterocycles. The predicted molar refractivity (Wildman–Crippen MR) is 104 cm³/mol. The van der Waals surface area contributed by atoms with Crippen LogP contribution in [0.3, 0.4) is 0 Å². The van der Waals surface area contributed by atoms with Crippen LogP contribution in [0, 0.1) is 5.82 Å². The third-order valence-electron chi connectivity index (χ3n) is 5.26. The van der Waals surface area contributed by atoms with Crippen LogP contribution in [0.15, 0.2) is 36.4 Å². The van der Waals surface area contributed by atoms with Crippen LogP contribution in [0.25, 0.3) is 0 Å². The molecule has 0 aliphatic carbocycles. The topological polar surface area (TPSA) is 50.8 Å². The summed E-state index contributed by atoms with van der Waals surface area (Å²) in [6, 6.07) is 10.0. The van der Waals surface area contributed by atoms with Crippen molar-refractivity contribution in [1.82, 2.24) is 10.2 Å². The lowest BCUT2D eigenvalue weighted by molar-refractivity contribution is 0.0920. The maximum absolute atomic E-state index is 14.1. The first-order chi connectivity index (χ1) is 13.6. The second kappa shape index (κ2) is 8.37. The van der Waals surface area contributed by atoms with Crippen molar-refractivity contribution in [3.8, 4) is 11.5 Å². The standard InChI is InChI=1S/C21H22ClFN2O3/c22-15-5-4-6-16(23)20(15)21(26)24-12-17(25-9-2-1-3-10-25)14-7-8-18-19(11-14)28-13-27-18/h4-8,11,17H,1-3,9-10,12-13H2,(H,24,26). The molecule has 2 aromatic carbocycles. The number of amides is 1. The van der Waals surface area contributed by atoms with Gasteiger partial charge in [0.1, 0.15) is 5.82 Å². The highest BCUT2D eigenvalue weighted by Crippen LogP contribution is 2.36. The molecule has 1 saturated heterocycles. The largest absolute Gasteiger partial charge is 0.454 e. The summed E-state index contributed by atoms with van der Waals surface area (Å²) in [6.07, 6.45) is 3.45. The number of piperidine rings is 1. The maximum atomic E-state index is 14.1. The van der Waals surface area contributed by atoms with Gasteiger partial charge in [0.15, 0.2) is 11.5 Å². The average molecular weight is 405 g/mol. The first kappa shape index (κ1) is 19.0. The lowest BCUT2D eigenvalue weighted by atomic mass is 10.0. The van der Waals surface area contributed by atoms with E-state index in [-0.39, 0.29) is 23.4 Å². The van der Waals surface area contributed by atoms with Gasteiger partial charge < -0.3 is 14.8 Å². The van der Waals surface area contributed by atoms with Crippen molar-refractivity contribution >= 4 is 17.5 Å². The molecule has 1 fully saturated rings. The molecule has 4 rings (SSSR count). The summed E-state index contributed by atoms with van der Waals surface area (Å²) < 4.78 is 25.0. The Morgan fingerprint density at radius 1 is 1.14 bits per heavy atom. The quantitative estimate of drug-likeness (QED) is 0.812. The number of ether oxygens (including phenoxy) is 2. The maximum Gasteiger partial charge on any atom is 0.255 e. The van der Waals surface area contributed by atoms with Gasteiger partial charge in [0.2, 0.25) is 6.79 Å². The van der Waals surface area contributed by atoms with Gasteiger partial charge in [-0.2, -0.15) is 0 Å². The molecule has 5 nitrogen and oxygen atoms in total. The average Bonchev–Trinajstić information content (AvgIpc) is 3.17. The number of carbonyl (C=O) groups is 1. The zero-order valence-corrected chi connectivity index (χ0v) is 16.2. The highest BCUT2D eigenvalue weighted by molar-refractivity contribution is 6.33. The lowest BCUT2D eigenvalue weighted by Crippen LogP contribution is -2.40. The van der Waals surface area contributed by atoms with E-state index in [9.17, 15) is 9.18 Å². The fraction of sp³-hybridized carbons (Fsp3) is 0.381. The number of nitrogens with one attached hydrogen (secondary N) is 1. The molecule has 1 unspecified atom stereocenters. The van der Waals surface area contributed by atoms with Crippen LogP contribution in [-0.4, -0.2) is 37.2 Å². The van der Waals surface area contributed by atoms with Crippen molar-refractivity contribution in [2.24, 2.45) is 0 Å². The molecule has 2 aliphatic heterocycles. The van der Waals surface area contributed by atoms with Gasteiger partial charge in [-0.25, -0.2) is 4.39 Å². The Balaban J connectivity index is 1.55. The molecule has 2 aliphatic rings. The Labute approximate surface area is 168 Å². The number of hydrogen-bond donors (Lipinski definition) is 1. The lowest BCUT2D eigenvalue weighted by Gasteiger charge is -2.35. The molecule has 7 heteroatoms. The molecule has 0 saturated carbocycles. The molecule has 2 heterocycles. The SMILES string of the molecule is O=C(NCC(c1ccc2c(c1)OCO2)N1CCCCC1)c1c(F)cccc1Cl. The van der Waals surface area contributed by atoms with Gasteiger partial charge in [0.25, 0.3) is 5.91 Å². The molecule has 1 atom stereocenters. The van der Waals surface area contributed by atoms with Crippen LogP contribution in [0.2, 0.25) is 5.02 Å². The number of fused-ring (bicyclic) bond motifs is 1. The number of rotatable bonds is 5. The molecule has 1 amide bonds. The minimum atomic E-state index is -0.623. The minimum absolute atomic E-state index is 0.0377. The van der Waals surface area contributed by atoms with Crippen molar-refractivity contribution in [2.75, 3.05) is 26.4 Å². The van der Waals surface area contributed by atoms with Crippen LogP contribution in [0.4, 0.5) is 4.39 Å². The Morgan fingerprint density at radius 2 is 1.93 bits per heavy atom. The first-order valence-corrected chi connectivity index (χ1v) is 9.87. The van der Waals surface area contributed by atoms with Crippen molar-refractivity contribution in [1.29, 1.82) is 0 Å². The molecule has 0 spiro atoms. The van der Waals surface area contributed by atoms with Crippen molar-refractivity contribution < 1.29 is 18.7 Å². The van der Waals surface area contributed by atoms with Gasteiger partial charge in [0, 0.05) is 6.54 Å². The van der Waals surface area contributed by atoms with Gasteiger partial charge in [-0.15, -0.1) is 0 Å². The minimum Gasteiger partial charge on any atom is -0.454 e. The van der Waals surface area contributed by atoms with Crippen LogP contribution in [-0.2, 0) is 0 Å². The van der Waals surface area contributed by atoms with E-state index in [1.54, 1.807) is 0 Å². The Hall–Kier alpha value is -2.31. The number of hydrogen-bond acceptors (Lipinski definition) is 4. The third-order valence-corrected chi connectivity index (χ3v) is 5.57. The fourth-order valence-corrected chi connectivity index (χ4v) is 4.05. The molecular weight excluding hydrogens is 383 g/mol. The number of nitrogens with zero attached hydrogens (tertiary/aromatic N) is 1. The summed E-state index contributed by atoms with van der Waals surface area (Å²) in [5, 5.41) is 2.97. The number of halogens is 2. The van der Waals surface area contributed by atoms with E-state index in [2.05, 4.69) is 10.2 Å². The number of benzene rings is 2. The van der Waals surface area contributed by atoms with E-state index in [0.29, 0.717) is 12.3 Å². The number of likely N-dealkylation sites (tertiary alicyclic amines) is 1. The highest BCUT2D eigenvalue weighted by Gasteiger charge is 2.26. The summed E-state index contributed by atoms with van der Waals surface area (Å²) in [4.78, 5) is 14.9. The summed E-state index contributed by atoms with van der Waals surface area (Å²) in [6.45, 7) is 2.48. The van der Waals surface area contributed by atoms with E-state index in [4.69, 9.17) is 21.1 Å². The smallest absolute Gasteiger partial charge is 0.255 e. The molecule has 1 N–H and O–H groups in total. The zero-order valence-electron chi connectivity index (χ0n) is 15.4. The van der Waals surface area contributed by atoms with E-state index in [0.717, 1.165) is 37.2 Å². The summed E-state index contributed by atoms with van der Waals surface area (Å²) in [5.74, 6) is 0.305. The normalized spacial score (nSPS) is 17.4. The predicted octanol–water partition coefficient (Wildman–Crippen LogP) is 4.16. The first-order valence-electron chi connectivity index (χ1n) is 9.49. The third kappa shape index (κ3) is 3.93. The van der Waals surface area contributed by atoms with Gasteiger partial charge in [0.05, 0.1) is 16.6 Å². The van der Waals surface area contributed by atoms with E-state index in [1.807, 2.05) is 18.2 Å². The summed E-state index contributed by atoms with van der Waals surface area (Å²) in [7, 11) is 0. The highest BCUT2D eigenvalue weighted by atomic mass is 35.5. The van der Waals surface area contributed by atoms with E-state index < -0.39 is 11.7 Å². The number of carbonyl (C=O) groups excluding carboxylic acids is 1. The van der Waals surface area contributed by atoms with Crippen molar-refractivity contribution in [2.45, 2.75) is 25.3 Å². The Bertz CT molecular complexity index is 850. The molecular formula is C21H22ClFN2O3. The van der Waals surface area contributed by atoms with Crippen molar-refractivity contribution in [3.63, 3.8) is 0 Å². The second-order valence-corrected chi connectivity index (χ2v) is 7.44. The van der Waals surface area contributed by atoms with Gasteiger partial charge in [-0.05, 0) is 55.8 Å². The molecule has 28 heavy (non-hydrogen) atoms. The van der Waals surface area contributed by atoms with E-state index in [1.165, 1.54) is 24.6 Å². The molecule has 0 bridgehead atoms. The van der Waals surface area contributed by atoms with Crippen LogP contribution < -0.4 is 14.8 Å². The van der Waals surface area contributed by atoms with Gasteiger partial charge in [-0.3, -0.25) is 9.69 Å². The van der Waals surface area contributed by atoms with Crippen molar-refractivity contribution in [3.05, 3.63) is 58.4 Å².